The summed E-state index contributed by atoms with van der Waals surface area (Å²) >= 11 is 0. The van der Waals surface area contributed by atoms with E-state index < -0.39 is 0 Å². The average Bonchev–Trinajstić information content (AvgIpc) is 2.72. The molecule has 1 aromatic heterocycles. The third-order valence-electron chi connectivity index (χ3n) is 4.40. The van der Waals surface area contributed by atoms with Gasteiger partial charge in [0.25, 0.3) is 0 Å². The molecule has 152 valence electrons. The van der Waals surface area contributed by atoms with Gasteiger partial charge in [-0.15, -0.1) is 0 Å². The van der Waals surface area contributed by atoms with Gasteiger partial charge in [0.15, 0.2) is 0 Å². The molecule has 0 spiro atoms. The lowest BCUT2D eigenvalue weighted by Gasteiger charge is -2.19. The minimum Gasteiger partial charge on any atom is -0.489 e. The van der Waals surface area contributed by atoms with Crippen molar-refractivity contribution in [3.8, 4) is 5.75 Å². The van der Waals surface area contributed by atoms with Gasteiger partial charge in [-0.2, -0.15) is 0 Å². The first-order chi connectivity index (χ1) is 14.0. The van der Waals surface area contributed by atoms with E-state index in [4.69, 9.17) is 9.47 Å². The Kier molecular flexibility index (Phi) is 7.39. The molecule has 1 heterocycles. The van der Waals surface area contributed by atoms with Crippen molar-refractivity contribution in [1.82, 2.24) is 10.3 Å². The molecule has 1 N–H and O–H groups in total. The Balaban J connectivity index is 1.53. The van der Waals surface area contributed by atoms with Gasteiger partial charge in [0.05, 0.1) is 12.2 Å². The SMILES string of the molecule is CC(C)(C)OCc1cccc(CNCc2ccccc2OCc2cccnc2)c1. The quantitative estimate of drug-likeness (QED) is 0.541. The summed E-state index contributed by atoms with van der Waals surface area (Å²) in [6.45, 7) is 8.90. The number of ether oxygens (including phenoxy) is 2. The molecule has 0 saturated carbocycles. The summed E-state index contributed by atoms with van der Waals surface area (Å²) in [6, 6.07) is 20.6. The number of pyridine rings is 1. The normalized spacial score (nSPS) is 11.4. The molecule has 29 heavy (non-hydrogen) atoms. The maximum atomic E-state index is 6.01. The van der Waals surface area contributed by atoms with E-state index in [1.54, 1.807) is 6.20 Å². The minimum absolute atomic E-state index is 0.131. The first-order valence-electron chi connectivity index (χ1n) is 10.0. The minimum atomic E-state index is -0.131. The summed E-state index contributed by atoms with van der Waals surface area (Å²) in [4.78, 5) is 4.13. The summed E-state index contributed by atoms with van der Waals surface area (Å²) in [7, 11) is 0. The van der Waals surface area contributed by atoms with Crippen LogP contribution in [0.2, 0.25) is 0 Å². The van der Waals surface area contributed by atoms with Crippen LogP contribution < -0.4 is 10.1 Å². The number of rotatable bonds is 9. The summed E-state index contributed by atoms with van der Waals surface area (Å²) in [5.41, 5.74) is 4.51. The Morgan fingerprint density at radius 3 is 2.41 bits per heavy atom. The van der Waals surface area contributed by atoms with E-state index in [1.807, 2.05) is 36.5 Å². The van der Waals surface area contributed by atoms with Gasteiger partial charge < -0.3 is 14.8 Å². The largest absolute Gasteiger partial charge is 0.489 e. The van der Waals surface area contributed by atoms with Crippen molar-refractivity contribution in [1.29, 1.82) is 0 Å². The molecule has 3 aromatic rings. The molecule has 0 saturated heterocycles. The average molecular weight is 391 g/mol. The van der Waals surface area contributed by atoms with Crippen LogP contribution in [0.15, 0.2) is 73.1 Å². The Morgan fingerprint density at radius 2 is 1.62 bits per heavy atom. The van der Waals surface area contributed by atoms with Gasteiger partial charge in [-0.25, -0.2) is 0 Å². The van der Waals surface area contributed by atoms with Crippen LogP contribution in [0.1, 0.15) is 43.0 Å². The standard InChI is InChI=1S/C25H30N2O2/c1-25(2,3)29-19-21-9-6-8-20(14-21)15-27-17-23-11-4-5-12-24(23)28-18-22-10-7-13-26-16-22/h4-14,16,27H,15,17-19H2,1-3H3. The number of hydrogen-bond acceptors (Lipinski definition) is 4. The van der Waals surface area contributed by atoms with Crippen LogP contribution in [0.5, 0.6) is 5.75 Å². The van der Waals surface area contributed by atoms with E-state index in [0.717, 1.165) is 30.0 Å². The first kappa shape index (κ1) is 21.0. The van der Waals surface area contributed by atoms with Crippen molar-refractivity contribution in [2.24, 2.45) is 0 Å². The molecular weight excluding hydrogens is 360 g/mol. The van der Waals surface area contributed by atoms with E-state index in [-0.39, 0.29) is 5.60 Å². The van der Waals surface area contributed by atoms with Crippen LogP contribution in [-0.2, 0) is 31.0 Å². The van der Waals surface area contributed by atoms with Crippen molar-refractivity contribution in [2.45, 2.75) is 52.7 Å². The Bertz CT molecular complexity index is 889. The molecule has 0 fully saturated rings. The highest BCUT2D eigenvalue weighted by Crippen LogP contribution is 2.19. The summed E-state index contributed by atoms with van der Waals surface area (Å²) in [6.07, 6.45) is 3.60. The van der Waals surface area contributed by atoms with Gasteiger partial charge in [0, 0.05) is 36.6 Å². The molecule has 0 unspecified atom stereocenters. The fourth-order valence-corrected chi connectivity index (χ4v) is 2.91. The molecule has 0 atom stereocenters. The van der Waals surface area contributed by atoms with E-state index in [0.29, 0.717) is 13.2 Å². The van der Waals surface area contributed by atoms with Gasteiger partial charge in [-0.1, -0.05) is 48.5 Å². The van der Waals surface area contributed by atoms with Gasteiger partial charge in [-0.05, 0) is 44.0 Å². The smallest absolute Gasteiger partial charge is 0.124 e. The fourth-order valence-electron chi connectivity index (χ4n) is 2.91. The van der Waals surface area contributed by atoms with Gasteiger partial charge in [0.2, 0.25) is 0 Å². The Hall–Kier alpha value is -2.69. The molecule has 4 nitrogen and oxygen atoms in total. The van der Waals surface area contributed by atoms with Crippen LogP contribution in [0.3, 0.4) is 0 Å². The van der Waals surface area contributed by atoms with Crippen molar-refractivity contribution in [3.05, 3.63) is 95.3 Å². The van der Waals surface area contributed by atoms with Gasteiger partial charge in [-0.3, -0.25) is 4.98 Å². The number of aromatic nitrogens is 1. The predicted octanol–water partition coefficient (Wildman–Crippen LogP) is 5.27. The van der Waals surface area contributed by atoms with Crippen molar-refractivity contribution >= 4 is 0 Å². The lowest BCUT2D eigenvalue weighted by atomic mass is 10.1. The third kappa shape index (κ3) is 7.33. The highest BCUT2D eigenvalue weighted by atomic mass is 16.5. The number of hydrogen-bond donors (Lipinski definition) is 1. The van der Waals surface area contributed by atoms with Crippen molar-refractivity contribution < 1.29 is 9.47 Å². The second-order valence-corrected chi connectivity index (χ2v) is 8.08. The molecule has 0 bridgehead atoms. The van der Waals surface area contributed by atoms with E-state index in [2.05, 4.69) is 61.4 Å². The second-order valence-electron chi connectivity index (χ2n) is 8.08. The molecule has 0 aliphatic rings. The van der Waals surface area contributed by atoms with Crippen molar-refractivity contribution in [2.75, 3.05) is 0 Å². The second kappa shape index (κ2) is 10.2. The third-order valence-corrected chi connectivity index (χ3v) is 4.40. The number of nitrogens with zero attached hydrogens (tertiary/aromatic N) is 1. The van der Waals surface area contributed by atoms with Crippen LogP contribution in [0.4, 0.5) is 0 Å². The van der Waals surface area contributed by atoms with Crippen LogP contribution in [0.25, 0.3) is 0 Å². The molecule has 2 aromatic carbocycles. The van der Waals surface area contributed by atoms with E-state index >= 15 is 0 Å². The zero-order valence-corrected chi connectivity index (χ0v) is 17.5. The Labute approximate surface area is 173 Å². The fraction of sp³-hybridized carbons (Fsp3) is 0.320. The van der Waals surface area contributed by atoms with E-state index in [1.165, 1.54) is 11.1 Å². The van der Waals surface area contributed by atoms with Crippen LogP contribution >= 0.6 is 0 Å². The molecular formula is C25H30N2O2. The van der Waals surface area contributed by atoms with E-state index in [9.17, 15) is 0 Å². The monoisotopic (exact) mass is 390 g/mol. The lowest BCUT2D eigenvalue weighted by Crippen LogP contribution is -2.19. The first-order valence-corrected chi connectivity index (χ1v) is 10.0. The highest BCUT2D eigenvalue weighted by molar-refractivity contribution is 5.33. The zero-order chi connectivity index (χ0) is 20.5. The molecule has 4 heteroatoms. The predicted molar refractivity (Wildman–Crippen MR) is 117 cm³/mol. The number of benzene rings is 2. The number of para-hydroxylation sites is 1. The highest BCUT2D eigenvalue weighted by Gasteiger charge is 2.10. The summed E-state index contributed by atoms with van der Waals surface area (Å²) < 4.78 is 11.9. The maximum absolute atomic E-state index is 6.01. The molecule has 3 rings (SSSR count). The molecule has 0 radical (unpaired) electrons. The lowest BCUT2D eigenvalue weighted by molar-refractivity contribution is -0.0149. The van der Waals surface area contributed by atoms with Crippen LogP contribution in [0, 0.1) is 0 Å². The van der Waals surface area contributed by atoms with Crippen LogP contribution in [-0.4, -0.2) is 10.6 Å². The molecule has 0 aliphatic heterocycles. The molecule has 0 amide bonds. The summed E-state index contributed by atoms with van der Waals surface area (Å²) in [5.74, 6) is 0.899. The summed E-state index contributed by atoms with van der Waals surface area (Å²) in [5, 5.41) is 3.52. The van der Waals surface area contributed by atoms with Crippen molar-refractivity contribution in [3.63, 3.8) is 0 Å². The topological polar surface area (TPSA) is 43.4 Å². The maximum Gasteiger partial charge on any atom is 0.124 e. The zero-order valence-electron chi connectivity index (χ0n) is 17.5. The van der Waals surface area contributed by atoms with Gasteiger partial charge in [0.1, 0.15) is 12.4 Å². The number of nitrogens with one attached hydrogen (secondary N) is 1. The molecule has 0 aliphatic carbocycles. The Morgan fingerprint density at radius 1 is 0.828 bits per heavy atom. The van der Waals surface area contributed by atoms with Gasteiger partial charge >= 0.3 is 0 Å².